The van der Waals surface area contributed by atoms with E-state index in [2.05, 4.69) is 15.3 Å². The highest BCUT2D eigenvalue weighted by Gasteiger charge is 2.03. The molecule has 5 nitrogen and oxygen atoms in total. The van der Waals surface area contributed by atoms with Gasteiger partial charge in [0, 0.05) is 30.3 Å². The molecular weight excluding hydrogens is 264 g/mol. The van der Waals surface area contributed by atoms with E-state index < -0.39 is 0 Å². The third-order valence-electron chi connectivity index (χ3n) is 2.42. The first kappa shape index (κ1) is 13.6. The first-order valence-corrected chi connectivity index (χ1v) is 6.20. The lowest BCUT2D eigenvalue weighted by molar-refractivity contribution is 0.200. The van der Waals surface area contributed by atoms with Gasteiger partial charge in [0.25, 0.3) is 0 Å². The monoisotopic (exact) mass is 278 g/mol. The third kappa shape index (κ3) is 4.08. The van der Waals surface area contributed by atoms with Crippen molar-refractivity contribution in [2.75, 3.05) is 24.8 Å². The molecule has 0 saturated carbocycles. The summed E-state index contributed by atoms with van der Waals surface area (Å²) in [7, 11) is 1.64. The van der Waals surface area contributed by atoms with Gasteiger partial charge in [-0.25, -0.2) is 9.97 Å². The van der Waals surface area contributed by atoms with Crippen LogP contribution in [0.25, 0.3) is 0 Å². The highest BCUT2D eigenvalue weighted by atomic mass is 35.5. The molecule has 0 aliphatic rings. The molecule has 1 aromatic carbocycles. The van der Waals surface area contributed by atoms with Crippen LogP contribution >= 0.6 is 11.6 Å². The number of nitrogen functional groups attached to an aromatic ring is 1. The van der Waals surface area contributed by atoms with E-state index in [1.807, 2.05) is 24.3 Å². The summed E-state index contributed by atoms with van der Waals surface area (Å²) in [4.78, 5) is 8.52. The van der Waals surface area contributed by atoms with Crippen LogP contribution in [0.5, 0.6) is 0 Å². The molecule has 0 fully saturated rings. The maximum atomic E-state index is 5.93. The van der Waals surface area contributed by atoms with Crippen LogP contribution < -0.4 is 11.1 Å². The van der Waals surface area contributed by atoms with E-state index in [1.54, 1.807) is 13.2 Å². The number of hydrogen-bond acceptors (Lipinski definition) is 5. The van der Waals surface area contributed by atoms with E-state index in [0.717, 1.165) is 5.69 Å². The molecule has 0 unspecified atom stereocenters. The zero-order valence-corrected chi connectivity index (χ0v) is 11.3. The van der Waals surface area contributed by atoms with Crippen molar-refractivity contribution in [3.05, 3.63) is 41.2 Å². The lowest BCUT2D eigenvalue weighted by Gasteiger charge is -2.08. The Morgan fingerprint density at radius 3 is 2.89 bits per heavy atom. The maximum Gasteiger partial charge on any atom is 0.136 e. The minimum absolute atomic E-state index is 0.422. The zero-order chi connectivity index (χ0) is 13.7. The smallest absolute Gasteiger partial charge is 0.136 e. The maximum absolute atomic E-state index is 5.93. The number of anilines is 3. The van der Waals surface area contributed by atoms with Crippen molar-refractivity contribution in [1.82, 2.24) is 9.97 Å². The molecular formula is C13H15ClN4O. The molecule has 2 aromatic rings. The fourth-order valence-corrected chi connectivity index (χ4v) is 1.79. The van der Waals surface area contributed by atoms with Crippen molar-refractivity contribution >= 4 is 28.9 Å². The molecule has 0 atom stereocenters. The van der Waals surface area contributed by atoms with Gasteiger partial charge in [-0.15, -0.1) is 0 Å². The van der Waals surface area contributed by atoms with Crippen molar-refractivity contribution in [3.8, 4) is 0 Å². The largest absolute Gasteiger partial charge is 0.384 e. The number of aromatic nitrogens is 2. The predicted octanol–water partition coefficient (Wildman–Crippen LogP) is 2.64. The van der Waals surface area contributed by atoms with Crippen molar-refractivity contribution in [3.63, 3.8) is 0 Å². The van der Waals surface area contributed by atoms with Crippen LogP contribution in [0.15, 0.2) is 30.3 Å². The van der Waals surface area contributed by atoms with Gasteiger partial charge in [0.05, 0.1) is 6.61 Å². The molecule has 100 valence electrons. The second-order valence-electron chi connectivity index (χ2n) is 3.97. The highest BCUT2D eigenvalue weighted by molar-refractivity contribution is 6.30. The van der Waals surface area contributed by atoms with Gasteiger partial charge in [0.2, 0.25) is 0 Å². The van der Waals surface area contributed by atoms with Crippen LogP contribution in [0.1, 0.15) is 5.82 Å². The number of rotatable bonds is 5. The van der Waals surface area contributed by atoms with Crippen LogP contribution in [0.4, 0.5) is 17.3 Å². The molecule has 0 radical (unpaired) electrons. The van der Waals surface area contributed by atoms with Crippen LogP contribution in [0.3, 0.4) is 0 Å². The Kier molecular flexibility index (Phi) is 4.54. The van der Waals surface area contributed by atoms with Gasteiger partial charge >= 0.3 is 0 Å². The van der Waals surface area contributed by atoms with E-state index in [9.17, 15) is 0 Å². The summed E-state index contributed by atoms with van der Waals surface area (Å²) in [6, 6.07) is 9.07. The molecule has 0 aliphatic heterocycles. The minimum atomic E-state index is 0.422. The number of hydrogen-bond donors (Lipinski definition) is 2. The standard InChI is InChI=1S/C13H15ClN4O/c1-19-6-5-12-17-11(15)8-13(18-12)16-10-4-2-3-9(14)7-10/h2-4,7-8H,5-6H2,1H3,(H3,15,16,17,18). The summed E-state index contributed by atoms with van der Waals surface area (Å²) >= 11 is 5.93. The lowest BCUT2D eigenvalue weighted by atomic mass is 10.3. The summed E-state index contributed by atoms with van der Waals surface area (Å²) in [5, 5.41) is 3.80. The second-order valence-corrected chi connectivity index (χ2v) is 4.41. The Bertz CT molecular complexity index is 562. The lowest BCUT2D eigenvalue weighted by Crippen LogP contribution is -2.06. The number of methoxy groups -OCH3 is 1. The predicted molar refractivity (Wildman–Crippen MR) is 76.8 cm³/mol. The summed E-state index contributed by atoms with van der Waals surface area (Å²) < 4.78 is 5.00. The molecule has 0 saturated heterocycles. The zero-order valence-electron chi connectivity index (χ0n) is 10.6. The normalized spacial score (nSPS) is 10.4. The van der Waals surface area contributed by atoms with Gasteiger partial charge in [-0.2, -0.15) is 0 Å². The third-order valence-corrected chi connectivity index (χ3v) is 2.65. The van der Waals surface area contributed by atoms with E-state index in [0.29, 0.717) is 35.5 Å². The number of nitrogens with zero attached hydrogens (tertiary/aromatic N) is 2. The fourth-order valence-electron chi connectivity index (χ4n) is 1.60. The summed E-state index contributed by atoms with van der Waals surface area (Å²) in [5.74, 6) is 1.71. The van der Waals surface area contributed by atoms with E-state index >= 15 is 0 Å². The van der Waals surface area contributed by atoms with Crippen LogP contribution in [0, 0.1) is 0 Å². The summed E-state index contributed by atoms with van der Waals surface area (Å²) in [6.07, 6.45) is 0.617. The number of halogens is 1. The van der Waals surface area contributed by atoms with Crippen LogP contribution in [-0.4, -0.2) is 23.7 Å². The average molecular weight is 279 g/mol. The Hall–Kier alpha value is -1.85. The highest BCUT2D eigenvalue weighted by Crippen LogP contribution is 2.19. The van der Waals surface area contributed by atoms with Crippen molar-refractivity contribution in [1.29, 1.82) is 0 Å². The minimum Gasteiger partial charge on any atom is -0.384 e. The van der Waals surface area contributed by atoms with Crippen molar-refractivity contribution in [2.45, 2.75) is 6.42 Å². The van der Waals surface area contributed by atoms with Gasteiger partial charge in [-0.1, -0.05) is 17.7 Å². The first-order valence-electron chi connectivity index (χ1n) is 5.82. The summed E-state index contributed by atoms with van der Waals surface area (Å²) in [6.45, 7) is 0.556. The first-order chi connectivity index (χ1) is 9.17. The quantitative estimate of drug-likeness (QED) is 0.880. The molecule has 1 aromatic heterocycles. The molecule has 0 spiro atoms. The van der Waals surface area contributed by atoms with Gasteiger partial charge < -0.3 is 15.8 Å². The number of ether oxygens (including phenoxy) is 1. The van der Waals surface area contributed by atoms with Gasteiger partial charge in [0.15, 0.2) is 0 Å². The Labute approximate surface area is 116 Å². The van der Waals surface area contributed by atoms with E-state index in [1.165, 1.54) is 0 Å². The van der Waals surface area contributed by atoms with Gasteiger partial charge in [-0.3, -0.25) is 0 Å². The number of nitrogens with two attached hydrogens (primary N) is 1. The van der Waals surface area contributed by atoms with Crippen LogP contribution in [0.2, 0.25) is 5.02 Å². The Morgan fingerprint density at radius 1 is 1.32 bits per heavy atom. The topological polar surface area (TPSA) is 73.1 Å². The molecule has 3 N–H and O–H groups in total. The average Bonchev–Trinajstić information content (AvgIpc) is 2.35. The molecule has 0 bridgehead atoms. The Balaban J connectivity index is 2.17. The molecule has 1 heterocycles. The van der Waals surface area contributed by atoms with Gasteiger partial charge in [0.1, 0.15) is 17.5 Å². The molecule has 0 amide bonds. The SMILES string of the molecule is COCCc1nc(N)cc(Nc2cccc(Cl)c2)n1. The van der Waals surface area contributed by atoms with E-state index in [4.69, 9.17) is 22.1 Å². The fraction of sp³-hybridized carbons (Fsp3) is 0.231. The van der Waals surface area contributed by atoms with Gasteiger partial charge in [-0.05, 0) is 18.2 Å². The second kappa shape index (κ2) is 6.36. The number of nitrogens with one attached hydrogen (secondary N) is 1. The van der Waals surface area contributed by atoms with Crippen molar-refractivity contribution < 1.29 is 4.74 Å². The molecule has 19 heavy (non-hydrogen) atoms. The molecule has 0 aliphatic carbocycles. The molecule has 6 heteroatoms. The van der Waals surface area contributed by atoms with E-state index in [-0.39, 0.29) is 0 Å². The summed E-state index contributed by atoms with van der Waals surface area (Å²) in [5.41, 5.74) is 6.61. The van der Waals surface area contributed by atoms with Crippen LogP contribution in [-0.2, 0) is 11.2 Å². The Morgan fingerprint density at radius 2 is 2.16 bits per heavy atom. The van der Waals surface area contributed by atoms with Crippen molar-refractivity contribution in [2.24, 2.45) is 0 Å². The number of benzene rings is 1. The molecule has 2 rings (SSSR count).